The van der Waals surface area contributed by atoms with E-state index in [2.05, 4.69) is 31.3 Å². The summed E-state index contributed by atoms with van der Waals surface area (Å²) in [6.45, 7) is 3.16. The Hall–Kier alpha value is -5.97. The maximum Gasteiger partial charge on any atom is 0.509 e. The van der Waals surface area contributed by atoms with E-state index in [-0.39, 0.29) is 23.6 Å². The number of phenols is 1. The lowest BCUT2D eigenvalue weighted by molar-refractivity contribution is 0.0203. The third-order valence-electron chi connectivity index (χ3n) is 7.88. The van der Waals surface area contributed by atoms with Crippen molar-refractivity contribution in [3.8, 4) is 11.8 Å². The summed E-state index contributed by atoms with van der Waals surface area (Å²) >= 11 is 0. The van der Waals surface area contributed by atoms with Crippen LogP contribution in [0.2, 0.25) is 0 Å². The molecule has 4 heterocycles. The highest BCUT2D eigenvalue weighted by atomic mass is 16.7. The van der Waals surface area contributed by atoms with Crippen LogP contribution in [0.15, 0.2) is 71.2 Å². The number of rotatable bonds is 9. The van der Waals surface area contributed by atoms with Crippen LogP contribution in [0.4, 0.5) is 16.2 Å². The molecule has 0 spiro atoms. The monoisotopic (exact) mass is 622 g/mol. The van der Waals surface area contributed by atoms with E-state index in [0.29, 0.717) is 34.9 Å². The van der Waals surface area contributed by atoms with Gasteiger partial charge in [-0.3, -0.25) is 0 Å². The van der Waals surface area contributed by atoms with Gasteiger partial charge in [-0.25, -0.2) is 24.2 Å². The summed E-state index contributed by atoms with van der Waals surface area (Å²) in [7, 11) is 0. The van der Waals surface area contributed by atoms with Gasteiger partial charge in [-0.1, -0.05) is 12.1 Å². The molecule has 2 aromatic carbocycles. The summed E-state index contributed by atoms with van der Waals surface area (Å²) in [6, 6.07) is 14.9. The highest BCUT2D eigenvalue weighted by molar-refractivity contribution is 6.01. The summed E-state index contributed by atoms with van der Waals surface area (Å²) in [4.78, 5) is 36.4. The first kappa shape index (κ1) is 30.1. The van der Waals surface area contributed by atoms with Crippen molar-refractivity contribution < 1.29 is 29.3 Å². The van der Waals surface area contributed by atoms with Gasteiger partial charge >= 0.3 is 12.1 Å². The number of imidazole rings is 1. The van der Waals surface area contributed by atoms with Crippen molar-refractivity contribution in [1.29, 1.82) is 5.26 Å². The maximum absolute atomic E-state index is 12.8. The number of aromatic nitrogens is 4. The molecular weight excluding hydrogens is 592 g/mol. The van der Waals surface area contributed by atoms with Crippen LogP contribution in [0.5, 0.6) is 5.75 Å². The van der Waals surface area contributed by atoms with Crippen LogP contribution in [0.1, 0.15) is 54.0 Å². The molecule has 1 saturated heterocycles. The Balaban J connectivity index is 1.12. The molecule has 1 fully saturated rings. The van der Waals surface area contributed by atoms with E-state index in [4.69, 9.17) is 24.8 Å². The van der Waals surface area contributed by atoms with Gasteiger partial charge in [0.25, 0.3) is 0 Å². The topological polar surface area (TPSA) is 191 Å². The summed E-state index contributed by atoms with van der Waals surface area (Å²) in [5.74, 6) is -0.736. The lowest BCUT2D eigenvalue weighted by atomic mass is 9.95. The van der Waals surface area contributed by atoms with Gasteiger partial charge in [0, 0.05) is 31.1 Å². The van der Waals surface area contributed by atoms with Crippen LogP contribution >= 0.6 is 0 Å². The Labute approximate surface area is 262 Å². The first-order valence-corrected chi connectivity index (χ1v) is 14.7. The standard InChI is InChI=1S/C32H30N8O6/c1-19(30-36-26-17-35-29-24(9-13-34-29)28(26)40(30)39-14-10-20(8-12-33)11-15-39)46-32(44)45-18-21-2-4-22(5-3-21)37-38-23-6-7-27(41)25(16-23)31(42)43/h2-7,9,13,16-17,19-20,41H,8,10-11,14-15,18H2,1H3,(H,34,35)(H,42,43). The lowest BCUT2D eigenvalue weighted by Crippen LogP contribution is -2.43. The van der Waals surface area contributed by atoms with Crippen LogP contribution in [0, 0.1) is 17.2 Å². The number of azo groups is 1. The van der Waals surface area contributed by atoms with Crippen LogP contribution in [0.25, 0.3) is 22.1 Å². The molecule has 0 amide bonds. The molecule has 1 aliphatic rings. The molecule has 3 aromatic heterocycles. The van der Waals surface area contributed by atoms with E-state index in [1.165, 1.54) is 18.2 Å². The molecule has 14 nitrogen and oxygen atoms in total. The number of pyridine rings is 1. The third kappa shape index (κ3) is 6.29. The number of carbonyl (C=O) groups excluding carboxylic acids is 1. The molecule has 0 aliphatic carbocycles. The molecule has 234 valence electrons. The minimum absolute atomic E-state index is 0.0420. The largest absolute Gasteiger partial charge is 0.509 e. The fraction of sp³-hybridized carbons (Fsp3) is 0.281. The molecule has 0 saturated carbocycles. The summed E-state index contributed by atoms with van der Waals surface area (Å²) in [6.07, 6.45) is 4.20. The number of hydrogen-bond donors (Lipinski definition) is 3. The van der Waals surface area contributed by atoms with Gasteiger partial charge in [0.15, 0.2) is 11.9 Å². The molecular formula is C32H30N8O6. The Morgan fingerprint density at radius 2 is 1.87 bits per heavy atom. The number of aromatic carboxylic acids is 1. The number of carbonyl (C=O) groups is 2. The van der Waals surface area contributed by atoms with Gasteiger partial charge in [0.1, 0.15) is 34.6 Å². The second-order valence-electron chi connectivity index (χ2n) is 10.9. The Kier molecular flexibility index (Phi) is 8.46. The number of nitrogens with one attached hydrogen (secondary N) is 1. The van der Waals surface area contributed by atoms with Crippen molar-refractivity contribution in [1.82, 2.24) is 19.6 Å². The molecule has 1 unspecified atom stereocenters. The Bertz CT molecular complexity index is 1970. The average Bonchev–Trinajstić information content (AvgIpc) is 3.69. The molecule has 1 atom stereocenters. The number of nitrogens with zero attached hydrogens (tertiary/aromatic N) is 7. The molecule has 0 radical (unpaired) electrons. The fourth-order valence-electron chi connectivity index (χ4n) is 5.48. The van der Waals surface area contributed by atoms with Gasteiger partial charge in [0.2, 0.25) is 0 Å². The molecule has 46 heavy (non-hydrogen) atoms. The van der Waals surface area contributed by atoms with E-state index in [0.717, 1.165) is 42.5 Å². The van der Waals surface area contributed by atoms with Crippen molar-refractivity contribution in [3.05, 3.63) is 77.9 Å². The summed E-state index contributed by atoms with van der Waals surface area (Å²) < 4.78 is 13.1. The Morgan fingerprint density at radius 1 is 1.13 bits per heavy atom. The number of nitriles is 1. The van der Waals surface area contributed by atoms with Crippen LogP contribution in [-0.4, -0.2) is 55.1 Å². The van der Waals surface area contributed by atoms with Gasteiger partial charge in [-0.05, 0) is 67.6 Å². The zero-order valence-electron chi connectivity index (χ0n) is 24.8. The van der Waals surface area contributed by atoms with Gasteiger partial charge in [0.05, 0.1) is 23.6 Å². The molecule has 3 N–H and O–H groups in total. The van der Waals surface area contributed by atoms with Crippen molar-refractivity contribution in [2.45, 2.75) is 38.9 Å². The smallest absolute Gasteiger partial charge is 0.507 e. The minimum Gasteiger partial charge on any atom is -0.507 e. The highest BCUT2D eigenvalue weighted by Gasteiger charge is 2.28. The molecule has 14 heteroatoms. The first-order chi connectivity index (χ1) is 22.3. The number of benzene rings is 2. The SMILES string of the molecule is CC(OC(=O)OCc1ccc(N=Nc2ccc(O)c(C(=O)O)c2)cc1)c1nc2cnc3[nH]ccc3c2n1N1CCC(CC#N)CC1. The van der Waals surface area contributed by atoms with Crippen molar-refractivity contribution >= 4 is 45.6 Å². The average molecular weight is 623 g/mol. The fourth-order valence-corrected chi connectivity index (χ4v) is 5.48. The number of hydrogen-bond acceptors (Lipinski definition) is 11. The minimum atomic E-state index is -1.27. The molecule has 6 rings (SSSR count). The number of piperidine rings is 1. The number of ether oxygens (including phenoxy) is 2. The van der Waals surface area contributed by atoms with E-state index < -0.39 is 18.2 Å². The molecule has 0 bridgehead atoms. The second kappa shape index (κ2) is 12.9. The number of carboxylic acids is 1. The maximum atomic E-state index is 12.8. The van der Waals surface area contributed by atoms with E-state index in [1.807, 2.05) is 16.9 Å². The zero-order chi connectivity index (χ0) is 32.2. The van der Waals surface area contributed by atoms with Crippen LogP contribution < -0.4 is 5.01 Å². The van der Waals surface area contributed by atoms with E-state index in [9.17, 15) is 14.7 Å². The number of H-pyrrole nitrogens is 1. The van der Waals surface area contributed by atoms with Crippen molar-refractivity contribution in [2.75, 3.05) is 18.1 Å². The van der Waals surface area contributed by atoms with Gasteiger partial charge in [-0.2, -0.15) is 15.5 Å². The first-order valence-electron chi connectivity index (χ1n) is 14.7. The van der Waals surface area contributed by atoms with E-state index in [1.54, 1.807) is 37.4 Å². The molecule has 1 aliphatic heterocycles. The molecule has 5 aromatic rings. The normalized spacial score (nSPS) is 14.5. The van der Waals surface area contributed by atoms with Crippen LogP contribution in [-0.2, 0) is 16.1 Å². The lowest BCUT2D eigenvalue weighted by Gasteiger charge is -2.35. The summed E-state index contributed by atoms with van der Waals surface area (Å²) in [5.41, 5.74) is 3.46. The highest BCUT2D eigenvalue weighted by Crippen LogP contribution is 2.31. The Morgan fingerprint density at radius 3 is 2.61 bits per heavy atom. The van der Waals surface area contributed by atoms with Gasteiger partial charge < -0.3 is 29.7 Å². The third-order valence-corrected chi connectivity index (χ3v) is 7.88. The van der Waals surface area contributed by atoms with Crippen molar-refractivity contribution in [3.63, 3.8) is 0 Å². The number of fused-ring (bicyclic) bond motifs is 3. The second-order valence-corrected chi connectivity index (χ2v) is 10.9. The number of carboxylic acid groups (broad SMARTS) is 1. The van der Waals surface area contributed by atoms with Crippen molar-refractivity contribution in [2.24, 2.45) is 16.1 Å². The van der Waals surface area contributed by atoms with Crippen LogP contribution in [0.3, 0.4) is 0 Å². The number of aromatic amines is 1. The predicted molar refractivity (Wildman–Crippen MR) is 166 cm³/mol. The summed E-state index contributed by atoms with van der Waals surface area (Å²) in [5, 5.41) is 39.1. The predicted octanol–water partition coefficient (Wildman–Crippen LogP) is 6.41. The van der Waals surface area contributed by atoms with E-state index >= 15 is 0 Å². The quantitative estimate of drug-likeness (QED) is 0.122. The van der Waals surface area contributed by atoms with Gasteiger partial charge in [-0.15, -0.1) is 0 Å². The zero-order valence-corrected chi connectivity index (χ0v) is 24.8. The number of aromatic hydroxyl groups is 1.